The lowest BCUT2D eigenvalue weighted by Crippen LogP contribution is -2.49. The van der Waals surface area contributed by atoms with E-state index >= 15 is 0 Å². The highest BCUT2D eigenvalue weighted by molar-refractivity contribution is 5.93. The number of likely N-dealkylation sites (N-methyl/N-ethyl adjacent to an activating group) is 1. The molecule has 2 fully saturated rings. The first-order chi connectivity index (χ1) is 12.0. The molecular weight excluding hydrogens is 316 g/mol. The maximum absolute atomic E-state index is 12.7. The summed E-state index contributed by atoms with van der Waals surface area (Å²) in [6.45, 7) is 3.12. The summed E-state index contributed by atoms with van der Waals surface area (Å²) in [5.41, 5.74) is 0.585. The zero-order valence-electron chi connectivity index (χ0n) is 15.3. The van der Waals surface area contributed by atoms with E-state index in [1.807, 2.05) is 25.1 Å². The van der Waals surface area contributed by atoms with E-state index in [4.69, 9.17) is 0 Å². The fourth-order valence-corrected chi connectivity index (χ4v) is 4.11. The van der Waals surface area contributed by atoms with Crippen LogP contribution in [-0.4, -0.2) is 77.3 Å². The van der Waals surface area contributed by atoms with Crippen molar-refractivity contribution in [3.63, 3.8) is 0 Å². The lowest BCUT2D eigenvalue weighted by molar-refractivity contribution is -0.131. The second kappa shape index (κ2) is 7.52. The van der Waals surface area contributed by atoms with Crippen LogP contribution < -0.4 is 0 Å². The highest BCUT2D eigenvalue weighted by atomic mass is 16.2. The summed E-state index contributed by atoms with van der Waals surface area (Å²) < 4.78 is 0. The van der Waals surface area contributed by atoms with Crippen molar-refractivity contribution < 1.29 is 9.59 Å². The molecule has 2 aliphatic rings. The third-order valence-corrected chi connectivity index (χ3v) is 5.56. The highest BCUT2D eigenvalue weighted by Gasteiger charge is 2.45. The third-order valence-electron chi connectivity index (χ3n) is 5.56. The molecule has 2 amide bonds. The molecule has 1 spiro atoms. The first-order valence-electron chi connectivity index (χ1n) is 9.16. The molecule has 1 aromatic heterocycles. The van der Waals surface area contributed by atoms with Gasteiger partial charge in [-0.15, -0.1) is 0 Å². The van der Waals surface area contributed by atoms with Gasteiger partial charge in [-0.1, -0.05) is 0 Å². The fraction of sp³-hybridized carbons (Fsp3) is 0.632. The number of hydrogen-bond donors (Lipinski definition) is 0. The molecule has 0 aromatic carbocycles. The number of likely N-dealkylation sites (tertiary alicyclic amines) is 2. The lowest BCUT2D eigenvalue weighted by atomic mass is 9.87. The Morgan fingerprint density at radius 2 is 2.12 bits per heavy atom. The Morgan fingerprint density at radius 1 is 1.28 bits per heavy atom. The second-order valence-electron chi connectivity index (χ2n) is 7.46. The summed E-state index contributed by atoms with van der Waals surface area (Å²) in [5.74, 6) is 0.322. The van der Waals surface area contributed by atoms with Gasteiger partial charge in [0.15, 0.2) is 0 Å². The third kappa shape index (κ3) is 3.84. The Hall–Kier alpha value is -1.95. The van der Waals surface area contributed by atoms with Gasteiger partial charge in [-0.05, 0) is 51.9 Å². The summed E-state index contributed by atoms with van der Waals surface area (Å²) in [6, 6.07) is 3.61. The summed E-state index contributed by atoms with van der Waals surface area (Å²) in [6.07, 6.45) is 7.68. The Bertz CT molecular complexity index is 619. The Morgan fingerprint density at radius 3 is 2.84 bits per heavy atom. The molecule has 6 heteroatoms. The molecule has 6 nitrogen and oxygen atoms in total. The molecule has 3 heterocycles. The van der Waals surface area contributed by atoms with Crippen LogP contribution in [0, 0.1) is 0 Å². The van der Waals surface area contributed by atoms with E-state index < -0.39 is 0 Å². The van der Waals surface area contributed by atoms with Crippen LogP contribution in [0.4, 0.5) is 0 Å². The molecule has 25 heavy (non-hydrogen) atoms. The van der Waals surface area contributed by atoms with Gasteiger partial charge in [0, 0.05) is 50.5 Å². The van der Waals surface area contributed by atoms with E-state index in [0.717, 1.165) is 45.3 Å². The normalized spacial score (nSPS) is 24.2. The summed E-state index contributed by atoms with van der Waals surface area (Å²) >= 11 is 0. The van der Waals surface area contributed by atoms with Crippen molar-refractivity contribution in [2.45, 2.75) is 37.6 Å². The van der Waals surface area contributed by atoms with E-state index in [9.17, 15) is 9.59 Å². The van der Waals surface area contributed by atoms with Gasteiger partial charge in [-0.2, -0.15) is 0 Å². The number of carbonyl (C=O) groups excluding carboxylic acids is 2. The van der Waals surface area contributed by atoms with E-state index in [1.165, 1.54) is 0 Å². The molecule has 136 valence electrons. The standard InChI is InChI=1S/C19H28N4O2/c1-21(2)13-14-23-17(24)6-8-19(23)7-4-11-22(12-9-19)18(25)16-5-3-10-20-15-16/h3,5,10,15H,4,6-9,11-14H2,1-2H3/t19-/m1/s1. The minimum absolute atomic E-state index is 0.0503. The van der Waals surface area contributed by atoms with Crippen LogP contribution >= 0.6 is 0 Å². The maximum Gasteiger partial charge on any atom is 0.255 e. The van der Waals surface area contributed by atoms with Gasteiger partial charge in [0.05, 0.1) is 5.56 Å². The van der Waals surface area contributed by atoms with Gasteiger partial charge < -0.3 is 14.7 Å². The molecule has 0 N–H and O–H groups in total. The van der Waals surface area contributed by atoms with Gasteiger partial charge in [0.25, 0.3) is 5.91 Å². The van der Waals surface area contributed by atoms with Gasteiger partial charge >= 0.3 is 0 Å². The van der Waals surface area contributed by atoms with Crippen molar-refractivity contribution in [1.82, 2.24) is 19.7 Å². The average Bonchev–Trinajstić information content (AvgIpc) is 2.78. The molecule has 1 atom stereocenters. The van der Waals surface area contributed by atoms with E-state index in [1.54, 1.807) is 18.5 Å². The molecule has 0 saturated carbocycles. The average molecular weight is 344 g/mol. The van der Waals surface area contributed by atoms with Crippen LogP contribution in [0.5, 0.6) is 0 Å². The summed E-state index contributed by atoms with van der Waals surface area (Å²) in [7, 11) is 4.07. The molecule has 2 aliphatic heterocycles. The van der Waals surface area contributed by atoms with Crippen LogP contribution in [0.2, 0.25) is 0 Å². The molecule has 0 aliphatic carbocycles. The van der Waals surface area contributed by atoms with Crippen LogP contribution in [0.3, 0.4) is 0 Å². The summed E-state index contributed by atoms with van der Waals surface area (Å²) in [5, 5.41) is 0. The van der Waals surface area contributed by atoms with Gasteiger partial charge in [-0.3, -0.25) is 14.6 Å². The van der Waals surface area contributed by atoms with Crippen LogP contribution in [0.25, 0.3) is 0 Å². The number of aromatic nitrogens is 1. The molecule has 3 rings (SSSR count). The molecule has 1 aromatic rings. The fourth-order valence-electron chi connectivity index (χ4n) is 4.11. The van der Waals surface area contributed by atoms with E-state index in [2.05, 4.69) is 14.8 Å². The van der Waals surface area contributed by atoms with Gasteiger partial charge in [0.2, 0.25) is 5.91 Å². The number of pyridine rings is 1. The monoisotopic (exact) mass is 344 g/mol. The van der Waals surface area contributed by atoms with Crippen molar-refractivity contribution in [1.29, 1.82) is 0 Å². The molecule has 0 radical (unpaired) electrons. The van der Waals surface area contributed by atoms with Crippen LogP contribution in [0.1, 0.15) is 42.5 Å². The number of rotatable bonds is 4. The molecule has 2 saturated heterocycles. The number of amides is 2. The molecular formula is C19H28N4O2. The highest BCUT2D eigenvalue weighted by Crippen LogP contribution is 2.39. The SMILES string of the molecule is CN(C)CCN1C(=O)CC[C@@]12CCCN(C(=O)c1cccnc1)CC2. The summed E-state index contributed by atoms with van der Waals surface area (Å²) in [4.78, 5) is 35.3. The largest absolute Gasteiger partial charge is 0.339 e. The maximum atomic E-state index is 12.7. The minimum atomic E-state index is -0.0585. The van der Waals surface area contributed by atoms with Crippen molar-refractivity contribution in [2.75, 3.05) is 40.3 Å². The lowest BCUT2D eigenvalue weighted by Gasteiger charge is -2.38. The predicted molar refractivity (Wildman–Crippen MR) is 96.2 cm³/mol. The van der Waals surface area contributed by atoms with Crippen molar-refractivity contribution in [3.05, 3.63) is 30.1 Å². The Kier molecular flexibility index (Phi) is 5.37. The van der Waals surface area contributed by atoms with E-state index in [-0.39, 0.29) is 17.4 Å². The van der Waals surface area contributed by atoms with Gasteiger partial charge in [-0.25, -0.2) is 0 Å². The smallest absolute Gasteiger partial charge is 0.255 e. The van der Waals surface area contributed by atoms with Crippen molar-refractivity contribution in [2.24, 2.45) is 0 Å². The number of nitrogens with zero attached hydrogens (tertiary/aromatic N) is 4. The zero-order valence-corrected chi connectivity index (χ0v) is 15.3. The molecule has 0 bridgehead atoms. The first-order valence-corrected chi connectivity index (χ1v) is 9.16. The number of carbonyl (C=O) groups is 2. The predicted octanol–water partition coefficient (Wildman–Crippen LogP) is 1.63. The van der Waals surface area contributed by atoms with Gasteiger partial charge in [0.1, 0.15) is 0 Å². The van der Waals surface area contributed by atoms with Crippen LogP contribution in [-0.2, 0) is 4.79 Å². The Labute approximate surface area is 149 Å². The van der Waals surface area contributed by atoms with E-state index in [0.29, 0.717) is 18.5 Å². The Balaban J connectivity index is 1.69. The van der Waals surface area contributed by atoms with Crippen LogP contribution in [0.15, 0.2) is 24.5 Å². The molecule has 0 unspecified atom stereocenters. The van der Waals surface area contributed by atoms with Crippen molar-refractivity contribution >= 4 is 11.8 Å². The second-order valence-corrected chi connectivity index (χ2v) is 7.46. The topological polar surface area (TPSA) is 56.8 Å². The zero-order chi connectivity index (χ0) is 17.9. The quantitative estimate of drug-likeness (QED) is 0.833. The number of hydrogen-bond acceptors (Lipinski definition) is 4. The van der Waals surface area contributed by atoms with Crippen molar-refractivity contribution in [3.8, 4) is 0 Å². The first kappa shape index (κ1) is 17.9. The minimum Gasteiger partial charge on any atom is -0.339 e.